The second-order valence-electron chi connectivity index (χ2n) is 8.62. The van der Waals surface area contributed by atoms with Gasteiger partial charge in [0, 0.05) is 39.4 Å². The molecular weight excluding hydrogens is 503 g/mol. The van der Waals surface area contributed by atoms with Gasteiger partial charge in [0.2, 0.25) is 5.91 Å². The van der Waals surface area contributed by atoms with Crippen LogP contribution in [-0.4, -0.2) is 59.3 Å². The van der Waals surface area contributed by atoms with E-state index in [4.69, 9.17) is 4.99 Å². The van der Waals surface area contributed by atoms with Crippen LogP contribution in [0, 0.1) is 11.8 Å². The van der Waals surface area contributed by atoms with E-state index in [0.29, 0.717) is 24.9 Å². The van der Waals surface area contributed by atoms with E-state index in [2.05, 4.69) is 46.5 Å². The molecule has 0 radical (unpaired) electrons. The molecule has 7 nitrogen and oxygen atoms in total. The number of carbonyl (C=O) groups excluding carboxylic acids is 1. The lowest BCUT2D eigenvalue weighted by molar-refractivity contribution is -0.120. The van der Waals surface area contributed by atoms with Crippen LogP contribution in [0.4, 0.5) is 5.69 Å². The summed E-state index contributed by atoms with van der Waals surface area (Å²) in [5.74, 6) is 3.04. The topological polar surface area (TPSA) is 65.8 Å². The van der Waals surface area contributed by atoms with Crippen molar-refractivity contribution in [3.8, 4) is 0 Å². The highest BCUT2D eigenvalue weighted by atomic mass is 127. The van der Waals surface area contributed by atoms with Crippen molar-refractivity contribution in [2.75, 3.05) is 37.6 Å². The number of anilines is 1. The maximum atomic E-state index is 12.8. The van der Waals surface area contributed by atoms with Gasteiger partial charge in [0.25, 0.3) is 0 Å². The second kappa shape index (κ2) is 9.18. The second-order valence-corrected chi connectivity index (χ2v) is 8.62. The lowest BCUT2D eigenvalue weighted by Gasteiger charge is -2.35. The van der Waals surface area contributed by atoms with Gasteiger partial charge in [0.1, 0.15) is 6.54 Å². The number of carbonyl (C=O) groups is 1. The Labute approximate surface area is 200 Å². The smallest absolute Gasteiger partial charge is 0.246 e. The van der Waals surface area contributed by atoms with E-state index in [-0.39, 0.29) is 29.9 Å². The summed E-state index contributed by atoms with van der Waals surface area (Å²) in [5, 5.41) is 7.59. The van der Waals surface area contributed by atoms with Gasteiger partial charge in [-0.2, -0.15) is 5.10 Å². The number of amides is 1. The molecule has 166 valence electrons. The third-order valence-corrected chi connectivity index (χ3v) is 6.80. The SMILES string of the molecule is CCNC(=NCC1C2CCc3ccccc3C21)N1CCN(c2cnn(C)c2)C(=O)C1.I. The van der Waals surface area contributed by atoms with Crippen LogP contribution in [0.1, 0.15) is 30.4 Å². The Morgan fingerprint density at radius 1 is 1.29 bits per heavy atom. The number of piperazine rings is 1. The number of hydrogen-bond donors (Lipinski definition) is 1. The molecule has 0 spiro atoms. The highest BCUT2D eigenvalue weighted by Gasteiger charge is 2.52. The molecule has 5 rings (SSSR count). The summed E-state index contributed by atoms with van der Waals surface area (Å²) in [5.41, 5.74) is 3.93. The minimum atomic E-state index is 0. The van der Waals surface area contributed by atoms with Gasteiger partial charge in [-0.15, -0.1) is 24.0 Å². The molecule has 2 fully saturated rings. The largest absolute Gasteiger partial charge is 0.357 e. The number of benzene rings is 1. The van der Waals surface area contributed by atoms with Crippen molar-refractivity contribution in [2.24, 2.45) is 23.9 Å². The number of aliphatic imine (C=N–C) groups is 1. The summed E-state index contributed by atoms with van der Waals surface area (Å²) >= 11 is 0. The van der Waals surface area contributed by atoms with Gasteiger partial charge < -0.3 is 15.1 Å². The zero-order valence-corrected chi connectivity index (χ0v) is 20.5. The first-order chi connectivity index (χ1) is 14.7. The summed E-state index contributed by atoms with van der Waals surface area (Å²) in [6.07, 6.45) is 6.11. The predicted octanol–water partition coefficient (Wildman–Crippen LogP) is 2.63. The van der Waals surface area contributed by atoms with Crippen LogP contribution in [0.15, 0.2) is 41.7 Å². The number of fused-ring (bicyclic) bond motifs is 3. The van der Waals surface area contributed by atoms with Crippen LogP contribution in [0.5, 0.6) is 0 Å². The maximum absolute atomic E-state index is 12.8. The number of hydrogen-bond acceptors (Lipinski definition) is 3. The van der Waals surface area contributed by atoms with Crippen molar-refractivity contribution in [3.63, 3.8) is 0 Å². The Kier molecular flexibility index (Phi) is 6.55. The molecule has 2 heterocycles. The lowest BCUT2D eigenvalue weighted by Crippen LogP contribution is -2.55. The third-order valence-electron chi connectivity index (χ3n) is 6.80. The first kappa shape index (κ1) is 22.1. The van der Waals surface area contributed by atoms with Gasteiger partial charge in [-0.1, -0.05) is 24.3 Å². The number of aryl methyl sites for hydroxylation is 2. The van der Waals surface area contributed by atoms with Crippen molar-refractivity contribution in [1.29, 1.82) is 0 Å². The van der Waals surface area contributed by atoms with Crippen molar-refractivity contribution >= 4 is 41.5 Å². The van der Waals surface area contributed by atoms with Crippen molar-refractivity contribution in [1.82, 2.24) is 20.0 Å². The van der Waals surface area contributed by atoms with Gasteiger partial charge in [-0.25, -0.2) is 0 Å². The lowest BCUT2D eigenvalue weighted by atomic mass is 9.92. The van der Waals surface area contributed by atoms with Crippen molar-refractivity contribution < 1.29 is 4.79 Å². The summed E-state index contributed by atoms with van der Waals surface area (Å²) in [4.78, 5) is 21.7. The van der Waals surface area contributed by atoms with E-state index in [1.54, 1.807) is 16.4 Å². The molecule has 1 aliphatic heterocycles. The van der Waals surface area contributed by atoms with Gasteiger partial charge in [0.05, 0.1) is 11.9 Å². The first-order valence-electron chi connectivity index (χ1n) is 11.1. The molecule has 8 heteroatoms. The molecule has 2 aromatic rings. The molecule has 1 aromatic carbocycles. The molecular formula is C23H31IN6O. The average molecular weight is 534 g/mol. The number of aromatic nitrogens is 2. The molecule has 0 bridgehead atoms. The van der Waals surface area contributed by atoms with Gasteiger partial charge in [-0.05, 0) is 48.6 Å². The molecule has 3 unspecified atom stereocenters. The first-order valence-corrected chi connectivity index (χ1v) is 11.1. The van der Waals surface area contributed by atoms with Crippen LogP contribution < -0.4 is 10.2 Å². The standard InChI is InChI=1S/C23H30N6O.HI/c1-3-24-23(28-10-11-29(21(30)15-28)17-12-26-27(2)14-17)25-13-20-19-9-8-16-6-4-5-7-18(16)22(19)20;/h4-7,12,14,19-20,22H,3,8-11,13,15H2,1-2H3,(H,24,25);1H. The molecule has 1 aromatic heterocycles. The molecule has 2 aliphatic carbocycles. The van der Waals surface area contributed by atoms with E-state index < -0.39 is 0 Å². The minimum absolute atomic E-state index is 0. The fourth-order valence-electron chi connectivity index (χ4n) is 5.25. The Morgan fingerprint density at radius 2 is 2.13 bits per heavy atom. The quantitative estimate of drug-likeness (QED) is 0.372. The molecule has 1 saturated heterocycles. The minimum Gasteiger partial charge on any atom is -0.357 e. The molecule has 3 atom stereocenters. The zero-order chi connectivity index (χ0) is 20.7. The van der Waals surface area contributed by atoms with Crippen molar-refractivity contribution in [2.45, 2.75) is 25.7 Å². The van der Waals surface area contributed by atoms with Gasteiger partial charge >= 0.3 is 0 Å². The Hall–Kier alpha value is -2.10. The summed E-state index contributed by atoms with van der Waals surface area (Å²) in [6.45, 7) is 5.49. The van der Waals surface area contributed by atoms with Crippen LogP contribution in [0.3, 0.4) is 0 Å². The predicted molar refractivity (Wildman–Crippen MR) is 133 cm³/mol. The van der Waals surface area contributed by atoms with E-state index in [0.717, 1.165) is 37.2 Å². The van der Waals surface area contributed by atoms with Gasteiger partial charge in [-0.3, -0.25) is 14.5 Å². The van der Waals surface area contributed by atoms with E-state index in [1.807, 2.05) is 18.1 Å². The highest BCUT2D eigenvalue weighted by Crippen LogP contribution is 2.59. The number of nitrogens with zero attached hydrogens (tertiary/aromatic N) is 5. The number of nitrogens with one attached hydrogen (secondary N) is 1. The van der Waals surface area contributed by atoms with E-state index in [1.165, 1.54) is 18.4 Å². The number of rotatable bonds is 4. The van der Waals surface area contributed by atoms with E-state index in [9.17, 15) is 4.79 Å². The summed E-state index contributed by atoms with van der Waals surface area (Å²) < 4.78 is 1.73. The Balaban J connectivity index is 0.00000231. The molecule has 3 aliphatic rings. The monoisotopic (exact) mass is 534 g/mol. The Bertz CT molecular complexity index is 972. The fraction of sp³-hybridized carbons (Fsp3) is 0.522. The van der Waals surface area contributed by atoms with Crippen LogP contribution in [0.25, 0.3) is 0 Å². The molecule has 1 saturated carbocycles. The number of halogens is 1. The number of guanidine groups is 1. The highest BCUT2D eigenvalue weighted by molar-refractivity contribution is 14.0. The van der Waals surface area contributed by atoms with Crippen LogP contribution in [0.2, 0.25) is 0 Å². The summed E-state index contributed by atoms with van der Waals surface area (Å²) in [6, 6.07) is 8.90. The van der Waals surface area contributed by atoms with E-state index >= 15 is 0 Å². The molecule has 1 N–H and O–H groups in total. The average Bonchev–Trinajstić information content (AvgIpc) is 3.31. The summed E-state index contributed by atoms with van der Waals surface area (Å²) in [7, 11) is 1.87. The van der Waals surface area contributed by atoms with Crippen LogP contribution in [-0.2, 0) is 18.3 Å². The maximum Gasteiger partial charge on any atom is 0.246 e. The third kappa shape index (κ3) is 4.31. The molecule has 1 amide bonds. The molecule has 31 heavy (non-hydrogen) atoms. The zero-order valence-electron chi connectivity index (χ0n) is 18.2. The Morgan fingerprint density at radius 3 is 2.87 bits per heavy atom. The normalized spacial score (nSPS) is 24.9. The van der Waals surface area contributed by atoms with Crippen LogP contribution >= 0.6 is 24.0 Å². The van der Waals surface area contributed by atoms with Gasteiger partial charge in [0.15, 0.2) is 5.96 Å². The van der Waals surface area contributed by atoms with Crippen molar-refractivity contribution in [3.05, 3.63) is 47.8 Å². The fourth-order valence-corrected chi connectivity index (χ4v) is 5.25.